The molecule has 0 unspecified atom stereocenters. The molecule has 0 saturated carbocycles. The van der Waals surface area contributed by atoms with Crippen LogP contribution >= 0.6 is 34.7 Å². The van der Waals surface area contributed by atoms with Crippen molar-refractivity contribution in [2.45, 2.75) is 18.4 Å². The van der Waals surface area contributed by atoms with Crippen LogP contribution in [0.5, 0.6) is 5.75 Å². The highest BCUT2D eigenvalue weighted by atomic mass is 35.5. The van der Waals surface area contributed by atoms with Crippen molar-refractivity contribution in [2.75, 3.05) is 6.26 Å². The van der Waals surface area contributed by atoms with E-state index >= 15 is 0 Å². The number of thiazole rings is 1. The van der Waals surface area contributed by atoms with Crippen LogP contribution in [0.3, 0.4) is 0 Å². The molecule has 140 valence electrons. The van der Waals surface area contributed by atoms with Crippen LogP contribution in [0.2, 0.25) is 5.02 Å². The molecule has 10 heteroatoms. The first-order valence-electron chi connectivity index (χ1n) is 7.60. The largest absolute Gasteiger partial charge is 0.486 e. The zero-order chi connectivity index (χ0) is 19.2. The second-order valence-corrected chi connectivity index (χ2v) is 7.23. The molecule has 0 fully saturated rings. The number of nitrogens with zero attached hydrogens (tertiary/aromatic N) is 3. The number of thioether (sulfide) groups is 1. The van der Waals surface area contributed by atoms with Crippen LogP contribution in [0.25, 0.3) is 0 Å². The van der Waals surface area contributed by atoms with E-state index in [0.29, 0.717) is 21.6 Å². The van der Waals surface area contributed by atoms with Crippen molar-refractivity contribution in [1.29, 1.82) is 0 Å². The molecule has 0 radical (unpaired) electrons. The normalized spacial score (nSPS) is 10.6. The maximum atomic E-state index is 12.9. The topological polar surface area (TPSA) is 74.2 Å². The van der Waals surface area contributed by atoms with E-state index in [9.17, 15) is 9.18 Å². The van der Waals surface area contributed by atoms with Crippen molar-refractivity contribution in [3.63, 3.8) is 0 Å². The molecular formula is C17H13ClFN3O3S2. The predicted octanol–water partition coefficient (Wildman–Crippen LogP) is 4.38. The second kappa shape index (κ2) is 9.12. The van der Waals surface area contributed by atoms with Crippen molar-refractivity contribution in [3.8, 4) is 5.75 Å². The van der Waals surface area contributed by atoms with Gasteiger partial charge in [0.15, 0.2) is 10.9 Å². The number of rotatable bonds is 7. The van der Waals surface area contributed by atoms with Crippen LogP contribution in [-0.2, 0) is 18.0 Å². The Balaban J connectivity index is 1.54. The van der Waals surface area contributed by atoms with Gasteiger partial charge < -0.3 is 9.47 Å². The van der Waals surface area contributed by atoms with E-state index < -0.39 is 5.97 Å². The molecule has 0 N–H and O–H groups in total. The number of ether oxygens (including phenoxy) is 2. The van der Waals surface area contributed by atoms with E-state index in [1.165, 1.54) is 41.4 Å². The molecule has 0 aliphatic heterocycles. The Bertz CT molecular complexity index is 937. The fraction of sp³-hybridized carbons (Fsp3) is 0.176. The van der Waals surface area contributed by atoms with Gasteiger partial charge in [-0.3, -0.25) is 0 Å². The lowest BCUT2D eigenvalue weighted by atomic mass is 10.3. The summed E-state index contributed by atoms with van der Waals surface area (Å²) >= 11 is 8.62. The molecule has 27 heavy (non-hydrogen) atoms. The van der Waals surface area contributed by atoms with Crippen LogP contribution in [0.1, 0.15) is 21.2 Å². The average molecular weight is 426 g/mol. The summed E-state index contributed by atoms with van der Waals surface area (Å²) < 4.78 is 23.6. The quantitative estimate of drug-likeness (QED) is 0.316. The fourth-order valence-corrected chi connectivity index (χ4v) is 3.16. The first kappa shape index (κ1) is 19.5. The molecule has 3 rings (SSSR count). The van der Waals surface area contributed by atoms with Gasteiger partial charge in [0.2, 0.25) is 0 Å². The molecule has 3 aromatic rings. The number of halogens is 2. The summed E-state index contributed by atoms with van der Waals surface area (Å²) in [4.78, 5) is 24.5. The lowest BCUT2D eigenvalue weighted by Gasteiger charge is -2.05. The Hall–Kier alpha value is -2.23. The van der Waals surface area contributed by atoms with E-state index in [0.717, 1.165) is 0 Å². The van der Waals surface area contributed by atoms with Gasteiger partial charge in [0, 0.05) is 5.38 Å². The van der Waals surface area contributed by atoms with Crippen LogP contribution in [0, 0.1) is 5.82 Å². The lowest BCUT2D eigenvalue weighted by Crippen LogP contribution is -2.09. The van der Waals surface area contributed by atoms with Crippen LogP contribution in [0.15, 0.2) is 41.0 Å². The first-order chi connectivity index (χ1) is 13.0. The third-order valence-electron chi connectivity index (χ3n) is 3.22. The molecule has 2 aromatic heterocycles. The van der Waals surface area contributed by atoms with Crippen molar-refractivity contribution in [1.82, 2.24) is 15.0 Å². The minimum Gasteiger partial charge on any atom is -0.486 e. The van der Waals surface area contributed by atoms with Gasteiger partial charge in [-0.25, -0.2) is 24.1 Å². The third kappa shape index (κ3) is 5.38. The standard InChI is InChI=1S/C17H13ClFN3O3S2/c1-26-17-20-6-13(18)15(22-17)16(23)25-7-11-9-27-14(21-11)8-24-12-4-2-10(19)3-5-12/h2-6,9H,7-8H2,1H3. The van der Waals surface area contributed by atoms with E-state index in [2.05, 4.69) is 15.0 Å². The van der Waals surface area contributed by atoms with Crippen LogP contribution in [-0.4, -0.2) is 27.2 Å². The molecule has 0 saturated heterocycles. The van der Waals surface area contributed by atoms with Gasteiger partial charge in [-0.2, -0.15) is 0 Å². The molecule has 2 heterocycles. The Morgan fingerprint density at radius 1 is 1.26 bits per heavy atom. The smallest absolute Gasteiger partial charge is 0.359 e. The summed E-state index contributed by atoms with van der Waals surface area (Å²) in [6, 6.07) is 5.73. The molecule has 0 bridgehead atoms. The van der Waals surface area contributed by atoms with Crippen molar-refractivity contribution in [3.05, 3.63) is 63.1 Å². The van der Waals surface area contributed by atoms with Gasteiger partial charge in [0.1, 0.15) is 29.8 Å². The molecular weight excluding hydrogens is 413 g/mol. The summed E-state index contributed by atoms with van der Waals surface area (Å²) in [7, 11) is 0. The first-order valence-corrected chi connectivity index (χ1v) is 10.1. The number of hydrogen-bond acceptors (Lipinski definition) is 8. The maximum absolute atomic E-state index is 12.9. The number of esters is 1. The number of aromatic nitrogens is 3. The summed E-state index contributed by atoms with van der Waals surface area (Å²) in [6.07, 6.45) is 3.16. The van der Waals surface area contributed by atoms with E-state index in [4.69, 9.17) is 21.1 Å². The summed E-state index contributed by atoms with van der Waals surface area (Å²) in [5.74, 6) is -0.425. The van der Waals surface area contributed by atoms with Crippen molar-refractivity contribution in [2.24, 2.45) is 0 Å². The predicted molar refractivity (Wildman–Crippen MR) is 101 cm³/mol. The zero-order valence-electron chi connectivity index (χ0n) is 14.0. The SMILES string of the molecule is CSc1ncc(Cl)c(C(=O)OCc2csc(COc3ccc(F)cc3)n2)n1. The second-order valence-electron chi connectivity index (χ2n) is 5.10. The Morgan fingerprint density at radius 2 is 2.04 bits per heavy atom. The zero-order valence-corrected chi connectivity index (χ0v) is 16.4. The number of carbonyl (C=O) groups excluding carboxylic acids is 1. The molecule has 0 amide bonds. The van der Waals surface area contributed by atoms with Gasteiger partial charge in [-0.05, 0) is 30.5 Å². The van der Waals surface area contributed by atoms with Gasteiger partial charge in [0.05, 0.1) is 16.9 Å². The van der Waals surface area contributed by atoms with Gasteiger partial charge in [-0.15, -0.1) is 11.3 Å². The fourth-order valence-electron chi connectivity index (χ4n) is 1.96. The summed E-state index contributed by atoms with van der Waals surface area (Å²) in [5, 5.41) is 3.03. The minimum absolute atomic E-state index is 0.0131. The van der Waals surface area contributed by atoms with Gasteiger partial charge in [0.25, 0.3) is 0 Å². The molecule has 0 spiro atoms. The highest BCUT2D eigenvalue weighted by Crippen LogP contribution is 2.19. The maximum Gasteiger partial charge on any atom is 0.359 e. The average Bonchev–Trinajstić information content (AvgIpc) is 3.14. The molecule has 0 atom stereocenters. The third-order valence-corrected chi connectivity index (χ3v) is 4.93. The molecule has 0 aliphatic rings. The molecule has 6 nitrogen and oxygen atoms in total. The monoisotopic (exact) mass is 425 g/mol. The van der Waals surface area contributed by atoms with E-state index in [-0.39, 0.29) is 29.7 Å². The Morgan fingerprint density at radius 3 is 2.78 bits per heavy atom. The van der Waals surface area contributed by atoms with Gasteiger partial charge in [-0.1, -0.05) is 23.4 Å². The summed E-state index contributed by atoms with van der Waals surface area (Å²) in [6.45, 7) is 0.222. The molecule has 1 aromatic carbocycles. The van der Waals surface area contributed by atoms with Crippen molar-refractivity contribution < 1.29 is 18.7 Å². The van der Waals surface area contributed by atoms with Crippen molar-refractivity contribution >= 4 is 40.7 Å². The number of benzene rings is 1. The highest BCUT2D eigenvalue weighted by Gasteiger charge is 2.16. The molecule has 0 aliphatic carbocycles. The number of carbonyl (C=O) groups is 1. The van der Waals surface area contributed by atoms with Crippen LogP contribution in [0.4, 0.5) is 4.39 Å². The lowest BCUT2D eigenvalue weighted by molar-refractivity contribution is 0.0460. The summed E-state index contributed by atoms with van der Waals surface area (Å²) in [5.41, 5.74) is 0.604. The number of hydrogen-bond donors (Lipinski definition) is 0. The van der Waals surface area contributed by atoms with E-state index in [1.807, 2.05) is 0 Å². The highest BCUT2D eigenvalue weighted by molar-refractivity contribution is 7.98. The minimum atomic E-state index is -0.644. The van der Waals surface area contributed by atoms with E-state index in [1.54, 1.807) is 23.8 Å². The van der Waals surface area contributed by atoms with Crippen LogP contribution < -0.4 is 4.74 Å². The Kier molecular flexibility index (Phi) is 6.59. The Labute approximate surface area is 167 Å². The van der Waals surface area contributed by atoms with Gasteiger partial charge >= 0.3 is 5.97 Å².